The first-order chi connectivity index (χ1) is 9.62. The average molecular weight is 334 g/mol. The van der Waals surface area contributed by atoms with Crippen molar-refractivity contribution in [1.82, 2.24) is 4.72 Å². The summed E-state index contributed by atoms with van der Waals surface area (Å²) in [5.74, 6) is 0.0686. The quantitative estimate of drug-likeness (QED) is 0.697. The van der Waals surface area contributed by atoms with E-state index in [4.69, 9.17) is 0 Å². The van der Waals surface area contributed by atoms with Crippen LogP contribution in [-0.4, -0.2) is 41.4 Å². The van der Waals surface area contributed by atoms with Crippen molar-refractivity contribution >= 4 is 25.5 Å². The van der Waals surface area contributed by atoms with Crippen LogP contribution in [0.4, 0.5) is 5.69 Å². The molecule has 120 valence electrons. The third-order valence-corrected chi connectivity index (χ3v) is 5.32. The van der Waals surface area contributed by atoms with Crippen LogP contribution in [0, 0.1) is 0 Å². The fourth-order valence-corrected chi connectivity index (χ4v) is 3.88. The van der Waals surface area contributed by atoms with Crippen molar-refractivity contribution in [2.24, 2.45) is 0 Å². The van der Waals surface area contributed by atoms with Gasteiger partial charge in [0, 0.05) is 18.8 Å². The maximum Gasteiger partial charge on any atom is 0.242 e. The lowest BCUT2D eigenvalue weighted by Gasteiger charge is -2.14. The van der Waals surface area contributed by atoms with Crippen molar-refractivity contribution < 1.29 is 16.8 Å². The predicted molar refractivity (Wildman–Crippen MR) is 84.7 cm³/mol. The molecule has 0 aliphatic rings. The number of para-hydroxylation sites is 1. The van der Waals surface area contributed by atoms with Gasteiger partial charge in [0.05, 0.1) is 11.4 Å². The molecule has 0 aliphatic heterocycles. The van der Waals surface area contributed by atoms with Gasteiger partial charge in [-0.25, -0.2) is 21.6 Å². The Hall–Kier alpha value is -1.12. The fraction of sp³-hybridized carbons (Fsp3) is 0.538. The minimum absolute atomic E-state index is 0.0686. The summed E-state index contributed by atoms with van der Waals surface area (Å²) in [4.78, 5) is 0.165. The molecule has 21 heavy (non-hydrogen) atoms. The molecule has 0 aromatic heterocycles. The first kappa shape index (κ1) is 17.9. The van der Waals surface area contributed by atoms with Gasteiger partial charge < -0.3 is 5.32 Å². The first-order valence-corrected chi connectivity index (χ1v) is 10.2. The lowest BCUT2D eigenvalue weighted by Crippen LogP contribution is -2.30. The van der Waals surface area contributed by atoms with E-state index in [-0.39, 0.29) is 16.7 Å². The van der Waals surface area contributed by atoms with E-state index in [9.17, 15) is 16.8 Å². The summed E-state index contributed by atoms with van der Waals surface area (Å²) in [5, 5.41) is 2.98. The van der Waals surface area contributed by atoms with Crippen molar-refractivity contribution in [3.63, 3.8) is 0 Å². The topological polar surface area (TPSA) is 92.3 Å². The van der Waals surface area contributed by atoms with E-state index in [2.05, 4.69) is 10.0 Å². The Bertz CT molecular complexity index is 667. The van der Waals surface area contributed by atoms with E-state index in [1.807, 2.05) is 0 Å². The highest BCUT2D eigenvalue weighted by atomic mass is 32.2. The predicted octanol–water partition coefficient (Wildman–Crippen LogP) is 1.22. The smallest absolute Gasteiger partial charge is 0.242 e. The summed E-state index contributed by atoms with van der Waals surface area (Å²) in [6.07, 6.45) is 1.60. The first-order valence-electron chi connectivity index (χ1n) is 6.65. The Labute approximate surface area is 126 Å². The largest absolute Gasteiger partial charge is 0.384 e. The van der Waals surface area contributed by atoms with Crippen molar-refractivity contribution in [2.75, 3.05) is 23.9 Å². The van der Waals surface area contributed by atoms with Gasteiger partial charge in [0.25, 0.3) is 0 Å². The molecule has 0 spiro atoms. The molecule has 8 heteroatoms. The highest BCUT2D eigenvalue weighted by molar-refractivity contribution is 7.90. The van der Waals surface area contributed by atoms with E-state index in [1.54, 1.807) is 32.0 Å². The van der Waals surface area contributed by atoms with E-state index in [0.717, 1.165) is 0 Å². The van der Waals surface area contributed by atoms with E-state index < -0.39 is 19.9 Å². The van der Waals surface area contributed by atoms with E-state index >= 15 is 0 Å². The molecular weight excluding hydrogens is 312 g/mol. The van der Waals surface area contributed by atoms with Crippen LogP contribution >= 0.6 is 0 Å². The van der Waals surface area contributed by atoms with E-state index in [0.29, 0.717) is 18.7 Å². The van der Waals surface area contributed by atoms with Gasteiger partial charge in [-0.15, -0.1) is 0 Å². The molecule has 0 amide bonds. The average Bonchev–Trinajstić information content (AvgIpc) is 2.32. The minimum atomic E-state index is -3.59. The molecule has 0 unspecified atom stereocenters. The van der Waals surface area contributed by atoms with Crippen LogP contribution in [0.3, 0.4) is 0 Å². The number of benzene rings is 1. The van der Waals surface area contributed by atoms with Crippen molar-refractivity contribution in [1.29, 1.82) is 0 Å². The van der Waals surface area contributed by atoms with Crippen LogP contribution in [0.25, 0.3) is 0 Å². The van der Waals surface area contributed by atoms with Gasteiger partial charge in [-0.1, -0.05) is 12.1 Å². The maximum absolute atomic E-state index is 12.2. The molecule has 6 nitrogen and oxygen atoms in total. The molecule has 0 heterocycles. The third kappa shape index (κ3) is 6.45. The Morgan fingerprint density at radius 2 is 1.71 bits per heavy atom. The molecule has 0 fully saturated rings. The van der Waals surface area contributed by atoms with E-state index in [1.165, 1.54) is 12.3 Å². The van der Waals surface area contributed by atoms with Gasteiger partial charge in [-0.05, 0) is 32.4 Å². The molecule has 1 aromatic rings. The Kier molecular flexibility index (Phi) is 6.18. The third-order valence-electron chi connectivity index (χ3n) is 2.57. The molecule has 1 aromatic carbocycles. The number of nitrogens with one attached hydrogen (secondary N) is 2. The van der Waals surface area contributed by atoms with Gasteiger partial charge in [0.1, 0.15) is 14.7 Å². The SMILES string of the molecule is CC(C)NS(=O)(=O)c1ccccc1NCCCS(C)(=O)=O. The lowest BCUT2D eigenvalue weighted by molar-refractivity contribution is 0.570. The Morgan fingerprint density at radius 1 is 1.10 bits per heavy atom. The van der Waals surface area contributed by atoms with Gasteiger partial charge in [0.15, 0.2) is 0 Å². The summed E-state index contributed by atoms with van der Waals surface area (Å²) in [6, 6.07) is 6.36. The summed E-state index contributed by atoms with van der Waals surface area (Å²) in [7, 11) is -6.59. The number of sulfone groups is 1. The summed E-state index contributed by atoms with van der Waals surface area (Å²) < 4.78 is 49.1. The van der Waals surface area contributed by atoms with Crippen LogP contribution in [0.2, 0.25) is 0 Å². The standard InChI is InChI=1S/C13H22N2O4S2/c1-11(2)15-21(18,19)13-8-5-4-7-12(13)14-9-6-10-20(3,16)17/h4-5,7-8,11,14-15H,6,9-10H2,1-3H3. The molecule has 0 radical (unpaired) electrons. The fourth-order valence-electron chi connectivity index (χ4n) is 1.78. The van der Waals surface area contributed by atoms with Crippen LogP contribution in [-0.2, 0) is 19.9 Å². The van der Waals surface area contributed by atoms with Crippen molar-refractivity contribution in [3.8, 4) is 0 Å². The second kappa shape index (κ2) is 7.24. The molecular formula is C13H22N2O4S2. The van der Waals surface area contributed by atoms with Gasteiger partial charge in [-0.3, -0.25) is 0 Å². The molecule has 0 bridgehead atoms. The highest BCUT2D eigenvalue weighted by Gasteiger charge is 2.18. The highest BCUT2D eigenvalue weighted by Crippen LogP contribution is 2.20. The summed E-state index contributed by atoms with van der Waals surface area (Å²) >= 11 is 0. The second-order valence-electron chi connectivity index (χ2n) is 5.18. The molecule has 1 rings (SSSR count). The molecule has 0 saturated carbocycles. The zero-order valence-electron chi connectivity index (χ0n) is 12.5. The monoisotopic (exact) mass is 334 g/mol. The number of sulfonamides is 1. The minimum Gasteiger partial charge on any atom is -0.384 e. The summed E-state index contributed by atoms with van der Waals surface area (Å²) in [6.45, 7) is 3.89. The zero-order valence-corrected chi connectivity index (χ0v) is 14.1. The van der Waals surface area contributed by atoms with Crippen LogP contribution < -0.4 is 10.0 Å². The van der Waals surface area contributed by atoms with Crippen LogP contribution in [0.1, 0.15) is 20.3 Å². The lowest BCUT2D eigenvalue weighted by atomic mass is 10.3. The van der Waals surface area contributed by atoms with Gasteiger partial charge >= 0.3 is 0 Å². The molecule has 2 N–H and O–H groups in total. The van der Waals surface area contributed by atoms with Gasteiger partial charge in [-0.2, -0.15) is 0 Å². The molecule has 0 atom stereocenters. The second-order valence-corrected chi connectivity index (χ2v) is 9.12. The molecule has 0 aliphatic carbocycles. The van der Waals surface area contributed by atoms with Crippen LogP contribution in [0.15, 0.2) is 29.2 Å². The van der Waals surface area contributed by atoms with Crippen molar-refractivity contribution in [2.45, 2.75) is 31.2 Å². The number of hydrogen-bond acceptors (Lipinski definition) is 5. The van der Waals surface area contributed by atoms with Crippen molar-refractivity contribution in [3.05, 3.63) is 24.3 Å². The number of anilines is 1. The van der Waals surface area contributed by atoms with Gasteiger partial charge in [0.2, 0.25) is 10.0 Å². The Morgan fingerprint density at radius 3 is 2.29 bits per heavy atom. The summed E-state index contributed by atoms with van der Waals surface area (Å²) in [5.41, 5.74) is 0.471. The normalized spacial score (nSPS) is 12.6. The number of hydrogen-bond donors (Lipinski definition) is 2. The number of rotatable bonds is 8. The maximum atomic E-state index is 12.2. The van der Waals surface area contributed by atoms with Crippen LogP contribution in [0.5, 0.6) is 0 Å². The molecule has 0 saturated heterocycles. The Balaban J connectivity index is 2.81. The zero-order chi connectivity index (χ0) is 16.1.